The number of amides is 1. The molecule has 1 heterocycles. The highest BCUT2D eigenvalue weighted by Crippen LogP contribution is 2.00. The lowest BCUT2D eigenvalue weighted by molar-refractivity contribution is 0.159. The Labute approximate surface area is 85.9 Å². The summed E-state index contributed by atoms with van der Waals surface area (Å²) in [6.45, 7) is -0.174. The first-order valence-corrected chi connectivity index (χ1v) is 5.41. The van der Waals surface area contributed by atoms with E-state index in [1.165, 1.54) is 6.33 Å². The van der Waals surface area contributed by atoms with Gasteiger partial charge in [-0.25, -0.2) is 22.9 Å². The highest BCUT2D eigenvalue weighted by molar-refractivity contribution is 7.89. The number of nitrogens with two attached hydrogens (primary N) is 1. The topological polar surface area (TPSA) is 127 Å². The molecule has 8 nitrogen and oxygen atoms in total. The van der Waals surface area contributed by atoms with E-state index in [1.807, 2.05) is 0 Å². The number of hydrogen-bond acceptors (Lipinski definition) is 5. The minimum Gasteiger partial charge on any atom is -0.448 e. The van der Waals surface area contributed by atoms with Gasteiger partial charge in [0.05, 0.1) is 12.5 Å². The molecule has 0 aliphatic rings. The summed E-state index contributed by atoms with van der Waals surface area (Å²) in [4.78, 5) is 16.2. The zero-order chi connectivity index (χ0) is 11.3. The summed E-state index contributed by atoms with van der Waals surface area (Å²) in [6.07, 6.45) is 1.46. The number of H-pyrrole nitrogens is 1. The van der Waals surface area contributed by atoms with Crippen molar-refractivity contribution in [3.05, 3.63) is 12.5 Å². The molecule has 0 aromatic carbocycles. The van der Waals surface area contributed by atoms with Crippen LogP contribution in [0, 0.1) is 0 Å². The molecule has 0 aliphatic heterocycles. The molecule has 0 radical (unpaired) electrons. The first-order valence-electron chi connectivity index (χ1n) is 3.92. The van der Waals surface area contributed by atoms with E-state index >= 15 is 0 Å². The molecule has 15 heavy (non-hydrogen) atoms. The van der Waals surface area contributed by atoms with Gasteiger partial charge in [0.2, 0.25) is 0 Å². The Hall–Kier alpha value is -1.61. The zero-order valence-corrected chi connectivity index (χ0v) is 8.45. The van der Waals surface area contributed by atoms with E-state index in [-0.39, 0.29) is 18.2 Å². The van der Waals surface area contributed by atoms with Gasteiger partial charge in [-0.05, 0) is 0 Å². The van der Waals surface area contributed by atoms with Crippen molar-refractivity contribution >= 4 is 16.1 Å². The van der Waals surface area contributed by atoms with Crippen LogP contribution in [-0.4, -0.2) is 37.6 Å². The summed E-state index contributed by atoms with van der Waals surface area (Å²) in [5, 5.41) is -0.0541. The summed E-state index contributed by atoms with van der Waals surface area (Å²) in [7, 11) is -3.62. The first-order chi connectivity index (χ1) is 7.02. The number of sulfonamides is 1. The van der Waals surface area contributed by atoms with Crippen molar-refractivity contribution in [1.82, 2.24) is 14.7 Å². The van der Waals surface area contributed by atoms with Gasteiger partial charge in [-0.2, -0.15) is 0 Å². The van der Waals surface area contributed by atoms with Crippen LogP contribution in [0.2, 0.25) is 0 Å². The van der Waals surface area contributed by atoms with E-state index in [4.69, 9.17) is 0 Å². The lowest BCUT2D eigenvalue weighted by Crippen LogP contribution is -2.29. The first kappa shape index (κ1) is 11.5. The molecular formula is C6H10N4O4S. The van der Waals surface area contributed by atoms with E-state index in [2.05, 4.69) is 25.2 Å². The van der Waals surface area contributed by atoms with Gasteiger partial charge < -0.3 is 15.5 Å². The number of imidazole rings is 1. The summed E-state index contributed by atoms with van der Waals surface area (Å²) in [5.74, 6) is 0. The van der Waals surface area contributed by atoms with E-state index in [0.717, 1.165) is 6.20 Å². The van der Waals surface area contributed by atoms with Crippen molar-refractivity contribution in [2.45, 2.75) is 5.03 Å². The van der Waals surface area contributed by atoms with Crippen molar-refractivity contribution in [3.8, 4) is 0 Å². The molecule has 1 amide bonds. The largest absolute Gasteiger partial charge is 0.448 e. The molecule has 9 heteroatoms. The second-order valence-electron chi connectivity index (χ2n) is 2.48. The lowest BCUT2D eigenvalue weighted by atomic mass is 10.7. The maximum absolute atomic E-state index is 11.4. The molecule has 4 N–H and O–H groups in total. The van der Waals surface area contributed by atoms with Crippen LogP contribution in [0.3, 0.4) is 0 Å². The van der Waals surface area contributed by atoms with E-state index in [1.54, 1.807) is 0 Å². The SMILES string of the molecule is NC(=O)OCCNS(=O)(=O)c1cnc[nH]1. The number of carbonyl (C=O) groups excluding carboxylic acids is 1. The monoisotopic (exact) mass is 234 g/mol. The Morgan fingerprint density at radius 1 is 1.67 bits per heavy atom. The van der Waals surface area contributed by atoms with Gasteiger partial charge in [0.15, 0.2) is 5.03 Å². The highest BCUT2D eigenvalue weighted by Gasteiger charge is 2.14. The molecule has 0 saturated heterocycles. The predicted octanol–water partition coefficient (Wildman–Crippen LogP) is -1.22. The highest BCUT2D eigenvalue weighted by atomic mass is 32.2. The van der Waals surface area contributed by atoms with Crippen LogP contribution in [0.25, 0.3) is 0 Å². The number of ether oxygens (including phenoxy) is 1. The van der Waals surface area contributed by atoms with Gasteiger partial charge in [-0.3, -0.25) is 0 Å². The second-order valence-corrected chi connectivity index (χ2v) is 4.22. The fourth-order valence-corrected chi connectivity index (χ4v) is 1.71. The van der Waals surface area contributed by atoms with Crippen LogP contribution in [-0.2, 0) is 14.8 Å². The molecule has 0 bridgehead atoms. The maximum Gasteiger partial charge on any atom is 0.404 e. The Kier molecular flexibility index (Phi) is 3.63. The quantitative estimate of drug-likeness (QED) is 0.550. The molecule has 0 unspecified atom stereocenters. The van der Waals surface area contributed by atoms with Crippen LogP contribution in [0.5, 0.6) is 0 Å². The Balaban J connectivity index is 2.42. The zero-order valence-electron chi connectivity index (χ0n) is 7.63. The number of nitrogens with zero attached hydrogens (tertiary/aromatic N) is 1. The van der Waals surface area contributed by atoms with Gasteiger partial charge in [-0.15, -0.1) is 0 Å². The van der Waals surface area contributed by atoms with Crippen molar-refractivity contribution in [2.24, 2.45) is 5.73 Å². The number of rotatable bonds is 5. The van der Waals surface area contributed by atoms with Gasteiger partial charge in [0, 0.05) is 6.54 Å². The van der Waals surface area contributed by atoms with Gasteiger partial charge in [0.1, 0.15) is 6.61 Å². The summed E-state index contributed by atoms with van der Waals surface area (Å²) >= 11 is 0. The molecule has 84 valence electrons. The van der Waals surface area contributed by atoms with Crippen LogP contribution in [0.4, 0.5) is 4.79 Å². The Morgan fingerprint density at radius 3 is 2.93 bits per heavy atom. The van der Waals surface area contributed by atoms with E-state index < -0.39 is 16.1 Å². The fraction of sp³-hybridized carbons (Fsp3) is 0.333. The average molecular weight is 234 g/mol. The van der Waals surface area contributed by atoms with Crippen LogP contribution < -0.4 is 10.5 Å². The molecule has 0 fully saturated rings. The number of primary amides is 1. The second kappa shape index (κ2) is 4.75. The van der Waals surface area contributed by atoms with E-state index in [9.17, 15) is 13.2 Å². The van der Waals surface area contributed by atoms with Gasteiger partial charge in [-0.1, -0.05) is 0 Å². The number of carbonyl (C=O) groups is 1. The fourth-order valence-electron chi connectivity index (χ4n) is 0.795. The van der Waals surface area contributed by atoms with E-state index in [0.29, 0.717) is 0 Å². The standard InChI is InChI=1S/C6H10N4O4S/c7-6(11)14-2-1-10-15(12,13)5-3-8-4-9-5/h3-4,10H,1-2H2,(H2,7,11)(H,8,9). The molecule has 0 aliphatic carbocycles. The third kappa shape index (κ3) is 3.56. The number of aromatic nitrogens is 2. The van der Waals surface area contributed by atoms with Crippen molar-refractivity contribution in [2.75, 3.05) is 13.2 Å². The smallest absolute Gasteiger partial charge is 0.404 e. The molecule has 1 aromatic heterocycles. The average Bonchev–Trinajstić information content (AvgIpc) is 2.65. The molecule has 1 rings (SSSR count). The number of hydrogen-bond donors (Lipinski definition) is 3. The van der Waals surface area contributed by atoms with Crippen LogP contribution in [0.1, 0.15) is 0 Å². The normalized spacial score (nSPS) is 11.2. The number of nitrogens with one attached hydrogen (secondary N) is 2. The third-order valence-corrected chi connectivity index (χ3v) is 2.79. The maximum atomic E-state index is 11.4. The lowest BCUT2D eigenvalue weighted by Gasteiger charge is -2.04. The Bertz CT molecular complexity index is 412. The Morgan fingerprint density at radius 2 is 2.40 bits per heavy atom. The minimum absolute atomic E-state index is 0.0513. The molecule has 1 aromatic rings. The van der Waals surface area contributed by atoms with Gasteiger partial charge >= 0.3 is 6.09 Å². The summed E-state index contributed by atoms with van der Waals surface area (Å²) < 4.78 is 29.3. The summed E-state index contributed by atoms with van der Waals surface area (Å²) in [5.41, 5.74) is 4.68. The van der Waals surface area contributed by atoms with Gasteiger partial charge in [0.25, 0.3) is 10.0 Å². The van der Waals surface area contributed by atoms with Crippen molar-refractivity contribution in [3.63, 3.8) is 0 Å². The van der Waals surface area contributed by atoms with Crippen LogP contribution >= 0.6 is 0 Å². The van der Waals surface area contributed by atoms with Crippen LogP contribution in [0.15, 0.2) is 17.6 Å². The van der Waals surface area contributed by atoms with Crippen molar-refractivity contribution < 1.29 is 17.9 Å². The molecule has 0 saturated carbocycles. The third-order valence-electron chi connectivity index (χ3n) is 1.40. The minimum atomic E-state index is -3.62. The summed E-state index contributed by atoms with van der Waals surface area (Å²) in [6, 6.07) is 0. The molecule has 0 atom stereocenters. The molecular weight excluding hydrogens is 224 g/mol. The molecule has 0 spiro atoms. The predicted molar refractivity (Wildman–Crippen MR) is 49.3 cm³/mol. The number of aromatic amines is 1. The van der Waals surface area contributed by atoms with Crippen molar-refractivity contribution in [1.29, 1.82) is 0 Å².